The normalized spacial score (nSPS) is 12.9. The standard InChI is InChI=1S/C13H20ClN3O3/c1-7-9(10(14)17(6)16-7)12(19)20-8(2)11(18)15-13(3,4)5/h8H,1-6H3,(H,15,18). The number of hydrogen-bond acceptors (Lipinski definition) is 4. The first-order chi connectivity index (χ1) is 9.03. The van der Waals surface area contributed by atoms with Crippen LogP contribution in [0.1, 0.15) is 43.7 Å². The van der Waals surface area contributed by atoms with Crippen LogP contribution in [0.15, 0.2) is 0 Å². The molecule has 0 aliphatic rings. The van der Waals surface area contributed by atoms with E-state index >= 15 is 0 Å². The minimum absolute atomic E-state index is 0.185. The van der Waals surface area contributed by atoms with Crippen LogP contribution in [0.3, 0.4) is 0 Å². The molecule has 1 amide bonds. The zero-order valence-electron chi connectivity index (χ0n) is 12.6. The molecule has 1 rings (SSSR count). The first-order valence-electron chi connectivity index (χ1n) is 6.25. The van der Waals surface area contributed by atoms with Gasteiger partial charge >= 0.3 is 5.97 Å². The van der Waals surface area contributed by atoms with E-state index < -0.39 is 12.1 Å². The van der Waals surface area contributed by atoms with Crippen molar-refractivity contribution in [3.63, 3.8) is 0 Å². The summed E-state index contributed by atoms with van der Waals surface area (Å²) >= 11 is 5.98. The van der Waals surface area contributed by atoms with E-state index in [9.17, 15) is 9.59 Å². The van der Waals surface area contributed by atoms with Gasteiger partial charge in [0.25, 0.3) is 5.91 Å². The Bertz CT molecular complexity index is 532. The van der Waals surface area contributed by atoms with E-state index in [0.29, 0.717) is 5.69 Å². The summed E-state index contributed by atoms with van der Waals surface area (Å²) in [6, 6.07) is 0. The maximum atomic E-state index is 12.0. The van der Waals surface area contributed by atoms with Crippen molar-refractivity contribution >= 4 is 23.5 Å². The Morgan fingerprint density at radius 3 is 2.35 bits per heavy atom. The number of carbonyl (C=O) groups excluding carboxylic acids is 2. The fraction of sp³-hybridized carbons (Fsp3) is 0.615. The number of aromatic nitrogens is 2. The number of halogens is 1. The Balaban J connectivity index is 2.78. The van der Waals surface area contributed by atoms with Gasteiger partial charge in [-0.15, -0.1) is 0 Å². The molecule has 0 spiro atoms. The highest BCUT2D eigenvalue weighted by Gasteiger charge is 2.26. The van der Waals surface area contributed by atoms with Gasteiger partial charge in [0.2, 0.25) is 0 Å². The predicted molar refractivity (Wildman–Crippen MR) is 75.7 cm³/mol. The lowest BCUT2D eigenvalue weighted by Crippen LogP contribution is -2.46. The van der Waals surface area contributed by atoms with Crippen LogP contribution in [0.5, 0.6) is 0 Å². The molecule has 0 aliphatic carbocycles. The Hall–Kier alpha value is -1.56. The second-order valence-electron chi connectivity index (χ2n) is 5.66. The lowest BCUT2D eigenvalue weighted by Gasteiger charge is -2.23. The number of aryl methyl sites for hydroxylation is 2. The van der Waals surface area contributed by atoms with E-state index in [1.165, 1.54) is 11.6 Å². The predicted octanol–water partition coefficient (Wildman–Crippen LogP) is 1.84. The molecule has 0 saturated carbocycles. The minimum atomic E-state index is -0.905. The summed E-state index contributed by atoms with van der Waals surface area (Å²) in [4.78, 5) is 23.9. The van der Waals surface area contributed by atoms with Gasteiger partial charge in [0.1, 0.15) is 10.7 Å². The minimum Gasteiger partial charge on any atom is -0.449 e. The molecule has 0 bridgehead atoms. The van der Waals surface area contributed by atoms with Crippen LogP contribution in [-0.2, 0) is 16.6 Å². The first kappa shape index (κ1) is 16.5. The average Bonchev–Trinajstić information content (AvgIpc) is 2.50. The third-order valence-electron chi connectivity index (χ3n) is 2.51. The van der Waals surface area contributed by atoms with Crippen LogP contribution < -0.4 is 5.32 Å². The van der Waals surface area contributed by atoms with Gasteiger partial charge in [-0.05, 0) is 34.6 Å². The number of nitrogens with one attached hydrogen (secondary N) is 1. The van der Waals surface area contributed by atoms with Gasteiger partial charge in [0, 0.05) is 12.6 Å². The molecule has 0 radical (unpaired) electrons. The smallest absolute Gasteiger partial charge is 0.343 e. The van der Waals surface area contributed by atoms with Crippen molar-refractivity contribution in [2.75, 3.05) is 0 Å². The van der Waals surface area contributed by atoms with Crippen LogP contribution in [0.2, 0.25) is 5.15 Å². The third-order valence-corrected chi connectivity index (χ3v) is 2.94. The number of hydrogen-bond donors (Lipinski definition) is 1. The summed E-state index contributed by atoms with van der Waals surface area (Å²) < 4.78 is 6.51. The molecule has 20 heavy (non-hydrogen) atoms. The van der Waals surface area contributed by atoms with E-state index in [-0.39, 0.29) is 22.2 Å². The number of amides is 1. The monoisotopic (exact) mass is 301 g/mol. The van der Waals surface area contributed by atoms with E-state index in [1.807, 2.05) is 20.8 Å². The van der Waals surface area contributed by atoms with Crippen molar-refractivity contribution in [1.29, 1.82) is 0 Å². The van der Waals surface area contributed by atoms with Crippen LogP contribution in [0.25, 0.3) is 0 Å². The number of esters is 1. The SMILES string of the molecule is Cc1nn(C)c(Cl)c1C(=O)OC(C)C(=O)NC(C)(C)C. The van der Waals surface area contributed by atoms with Gasteiger partial charge in [-0.2, -0.15) is 5.10 Å². The zero-order chi connectivity index (χ0) is 15.7. The maximum Gasteiger partial charge on any atom is 0.343 e. The highest BCUT2D eigenvalue weighted by atomic mass is 35.5. The maximum absolute atomic E-state index is 12.0. The Morgan fingerprint density at radius 1 is 1.40 bits per heavy atom. The molecule has 112 valence electrons. The number of rotatable bonds is 3. The quantitative estimate of drug-likeness (QED) is 0.865. The van der Waals surface area contributed by atoms with Gasteiger partial charge in [-0.3, -0.25) is 9.48 Å². The van der Waals surface area contributed by atoms with Crippen LogP contribution in [0.4, 0.5) is 0 Å². The molecule has 0 saturated heterocycles. The molecule has 1 heterocycles. The number of nitrogens with zero attached hydrogens (tertiary/aromatic N) is 2. The zero-order valence-corrected chi connectivity index (χ0v) is 13.3. The molecule has 1 aromatic heterocycles. The molecule has 6 nitrogen and oxygen atoms in total. The van der Waals surface area contributed by atoms with E-state index in [4.69, 9.17) is 16.3 Å². The fourth-order valence-corrected chi connectivity index (χ4v) is 1.86. The largest absolute Gasteiger partial charge is 0.449 e. The molecule has 0 aliphatic heterocycles. The van der Waals surface area contributed by atoms with Crippen molar-refractivity contribution in [3.05, 3.63) is 16.4 Å². The molecule has 1 atom stereocenters. The van der Waals surface area contributed by atoms with Gasteiger partial charge < -0.3 is 10.1 Å². The summed E-state index contributed by atoms with van der Waals surface area (Å²) in [6.07, 6.45) is -0.905. The van der Waals surface area contributed by atoms with E-state index in [0.717, 1.165) is 0 Å². The summed E-state index contributed by atoms with van der Waals surface area (Å²) in [5.41, 5.74) is 0.259. The molecular formula is C13H20ClN3O3. The van der Waals surface area contributed by atoms with Crippen molar-refractivity contribution in [3.8, 4) is 0 Å². The third kappa shape index (κ3) is 3.96. The molecule has 1 unspecified atom stereocenters. The Kier molecular flexibility index (Phi) is 4.81. The Morgan fingerprint density at radius 2 is 1.95 bits per heavy atom. The highest BCUT2D eigenvalue weighted by molar-refractivity contribution is 6.32. The Labute approximate surface area is 123 Å². The van der Waals surface area contributed by atoms with Crippen LogP contribution >= 0.6 is 11.6 Å². The van der Waals surface area contributed by atoms with Gasteiger partial charge in [0.05, 0.1) is 5.69 Å². The molecular weight excluding hydrogens is 282 g/mol. The molecule has 1 aromatic rings. The summed E-state index contributed by atoms with van der Waals surface area (Å²) in [5, 5.41) is 6.96. The van der Waals surface area contributed by atoms with Gasteiger partial charge in [0.15, 0.2) is 6.10 Å². The summed E-state index contributed by atoms with van der Waals surface area (Å²) in [6.45, 7) is 8.71. The van der Waals surface area contributed by atoms with E-state index in [2.05, 4.69) is 10.4 Å². The second-order valence-corrected chi connectivity index (χ2v) is 6.02. The molecule has 0 fully saturated rings. The fourth-order valence-electron chi connectivity index (χ4n) is 1.61. The van der Waals surface area contributed by atoms with Crippen molar-refractivity contribution in [2.24, 2.45) is 7.05 Å². The topological polar surface area (TPSA) is 73.2 Å². The second kappa shape index (κ2) is 5.83. The summed E-state index contributed by atoms with van der Waals surface area (Å²) in [7, 11) is 1.63. The van der Waals surface area contributed by atoms with Crippen molar-refractivity contribution in [1.82, 2.24) is 15.1 Å². The molecule has 0 aromatic carbocycles. The van der Waals surface area contributed by atoms with E-state index in [1.54, 1.807) is 14.0 Å². The molecule has 1 N–H and O–H groups in total. The van der Waals surface area contributed by atoms with Crippen LogP contribution in [-0.4, -0.2) is 33.3 Å². The lowest BCUT2D eigenvalue weighted by atomic mass is 10.1. The van der Waals surface area contributed by atoms with Crippen LogP contribution in [0, 0.1) is 6.92 Å². The lowest BCUT2D eigenvalue weighted by molar-refractivity contribution is -0.130. The highest BCUT2D eigenvalue weighted by Crippen LogP contribution is 2.20. The van der Waals surface area contributed by atoms with Gasteiger partial charge in [-0.1, -0.05) is 11.6 Å². The van der Waals surface area contributed by atoms with Gasteiger partial charge in [-0.25, -0.2) is 4.79 Å². The van der Waals surface area contributed by atoms with Crippen molar-refractivity contribution in [2.45, 2.75) is 46.3 Å². The first-order valence-corrected chi connectivity index (χ1v) is 6.63. The number of ether oxygens (including phenoxy) is 1. The average molecular weight is 302 g/mol. The number of carbonyl (C=O) groups is 2. The summed E-state index contributed by atoms with van der Waals surface area (Å²) in [5.74, 6) is -1.01. The molecule has 7 heteroatoms. The van der Waals surface area contributed by atoms with Crippen molar-refractivity contribution < 1.29 is 14.3 Å².